The quantitative estimate of drug-likeness (QED) is 0.488. The summed E-state index contributed by atoms with van der Waals surface area (Å²) < 4.78 is 4.94. The minimum atomic E-state index is 0. The first-order valence-electron chi connectivity index (χ1n) is 4.49. The fraction of sp³-hybridized carbons (Fsp3) is 0.455. The Hall–Kier alpha value is 0.292. The van der Waals surface area contributed by atoms with E-state index in [1.807, 2.05) is 18.2 Å². The topological polar surface area (TPSA) is 9.23 Å². The van der Waals surface area contributed by atoms with Gasteiger partial charge in [0.1, 0.15) is 0 Å². The molecule has 0 aromatic heterocycles. The van der Waals surface area contributed by atoms with Crippen molar-refractivity contribution < 1.29 is 46.9 Å². The first-order valence-corrected chi connectivity index (χ1v) is 4.49. The van der Waals surface area contributed by atoms with Gasteiger partial charge < -0.3 is 29.6 Å². The molecule has 15 heavy (non-hydrogen) atoms. The second-order valence-electron chi connectivity index (χ2n) is 2.97. The van der Waals surface area contributed by atoms with Gasteiger partial charge in [-0.2, -0.15) is 0 Å². The molecule has 0 unspecified atom stereocenters. The van der Waals surface area contributed by atoms with Crippen LogP contribution in [0.4, 0.5) is 0 Å². The number of ether oxygens (including phenoxy) is 1. The Balaban J connectivity index is -0.000000165. The van der Waals surface area contributed by atoms with E-state index in [0.717, 1.165) is 13.2 Å². The first kappa shape index (κ1) is 20.7. The van der Waals surface area contributed by atoms with Gasteiger partial charge in [-0.15, -0.1) is 0 Å². The zero-order valence-corrected chi connectivity index (χ0v) is 11.6. The summed E-state index contributed by atoms with van der Waals surface area (Å²) in [5.41, 5.74) is 1.32. The molecule has 1 saturated heterocycles. The number of aryl methyl sites for hydroxylation is 1. The van der Waals surface area contributed by atoms with E-state index in [1.54, 1.807) is 0 Å². The average Bonchev–Trinajstić information content (AvgIpc) is 2.62. The summed E-state index contributed by atoms with van der Waals surface area (Å²) in [6, 6.07) is 10.3. The monoisotopic (exact) mass is 286 g/mol. The third kappa shape index (κ3) is 12.2. The summed E-state index contributed by atoms with van der Waals surface area (Å²) in [7, 11) is 0. The van der Waals surface area contributed by atoms with Crippen LogP contribution < -0.4 is 24.8 Å². The van der Waals surface area contributed by atoms with E-state index in [9.17, 15) is 0 Å². The van der Waals surface area contributed by atoms with E-state index < -0.39 is 0 Å². The van der Waals surface area contributed by atoms with E-state index in [2.05, 4.69) is 19.1 Å². The molecule has 1 nitrogen and oxygen atoms in total. The molecule has 1 aromatic carbocycles. The van der Waals surface area contributed by atoms with Gasteiger partial charge in [0.15, 0.2) is 0 Å². The molecule has 0 spiro atoms. The predicted octanol–water partition coefficient (Wildman–Crippen LogP) is -3.20. The molecular formula is C11H16Cl2CrO. The fourth-order valence-corrected chi connectivity index (χ4v) is 1.04. The maximum Gasteiger partial charge on any atom is 2.00 e. The van der Waals surface area contributed by atoms with Crippen molar-refractivity contribution in [3.8, 4) is 0 Å². The number of benzene rings is 1. The Morgan fingerprint density at radius 3 is 1.60 bits per heavy atom. The molecule has 4 heteroatoms. The Morgan fingerprint density at radius 2 is 1.40 bits per heavy atom. The number of rotatable bonds is 0. The van der Waals surface area contributed by atoms with Crippen LogP contribution in [0, 0.1) is 6.92 Å². The third-order valence-electron chi connectivity index (χ3n) is 1.77. The normalized spacial score (nSPS) is 12.1. The van der Waals surface area contributed by atoms with Crippen LogP contribution in [0.5, 0.6) is 0 Å². The molecule has 2 rings (SSSR count). The Morgan fingerprint density at radius 1 is 0.933 bits per heavy atom. The van der Waals surface area contributed by atoms with Crippen LogP contribution in [0.15, 0.2) is 30.3 Å². The van der Waals surface area contributed by atoms with Crippen molar-refractivity contribution in [1.82, 2.24) is 0 Å². The molecular weight excluding hydrogens is 271 g/mol. The maximum absolute atomic E-state index is 4.94. The minimum Gasteiger partial charge on any atom is -1.00 e. The molecule has 0 saturated carbocycles. The summed E-state index contributed by atoms with van der Waals surface area (Å²) in [6.45, 7) is 4.08. The Labute approximate surface area is 116 Å². The smallest absolute Gasteiger partial charge is 1.00 e. The van der Waals surface area contributed by atoms with E-state index >= 15 is 0 Å². The van der Waals surface area contributed by atoms with Crippen LogP contribution >= 0.6 is 0 Å². The second kappa shape index (κ2) is 14.3. The van der Waals surface area contributed by atoms with Crippen molar-refractivity contribution in [3.63, 3.8) is 0 Å². The summed E-state index contributed by atoms with van der Waals surface area (Å²) in [5.74, 6) is 0. The van der Waals surface area contributed by atoms with Gasteiger partial charge in [0.05, 0.1) is 0 Å². The van der Waals surface area contributed by atoms with Gasteiger partial charge in [-0.05, 0) is 19.8 Å². The summed E-state index contributed by atoms with van der Waals surface area (Å²) >= 11 is 0. The summed E-state index contributed by atoms with van der Waals surface area (Å²) in [6.07, 6.45) is 2.56. The van der Waals surface area contributed by atoms with Crippen LogP contribution in [0.2, 0.25) is 0 Å². The van der Waals surface area contributed by atoms with Crippen molar-refractivity contribution in [2.45, 2.75) is 19.8 Å². The van der Waals surface area contributed by atoms with Gasteiger partial charge in [-0.1, -0.05) is 35.9 Å². The molecule has 0 aliphatic carbocycles. The molecule has 1 aliphatic heterocycles. The van der Waals surface area contributed by atoms with Crippen LogP contribution in [0.1, 0.15) is 18.4 Å². The Kier molecular flexibility index (Phi) is 19.7. The van der Waals surface area contributed by atoms with Crippen LogP contribution in [-0.2, 0) is 22.1 Å². The van der Waals surface area contributed by atoms with Crippen LogP contribution in [0.25, 0.3) is 0 Å². The van der Waals surface area contributed by atoms with Crippen molar-refractivity contribution in [2.24, 2.45) is 0 Å². The average molecular weight is 287 g/mol. The molecule has 0 amide bonds. The van der Waals surface area contributed by atoms with Crippen molar-refractivity contribution >= 4 is 0 Å². The predicted molar refractivity (Wildman–Crippen MR) is 51.2 cm³/mol. The molecule has 0 radical (unpaired) electrons. The molecule has 86 valence electrons. The largest absolute Gasteiger partial charge is 2.00 e. The van der Waals surface area contributed by atoms with Crippen molar-refractivity contribution in [2.75, 3.05) is 13.2 Å². The molecule has 0 atom stereocenters. The zero-order valence-electron chi connectivity index (χ0n) is 8.79. The molecule has 1 heterocycles. The molecule has 0 N–H and O–H groups in total. The van der Waals surface area contributed by atoms with Crippen molar-refractivity contribution in [1.29, 1.82) is 0 Å². The van der Waals surface area contributed by atoms with E-state index in [-0.39, 0.29) is 42.2 Å². The molecule has 1 aromatic rings. The number of hydrogen-bond acceptors (Lipinski definition) is 1. The summed E-state index contributed by atoms with van der Waals surface area (Å²) in [5, 5.41) is 0. The Bertz CT molecular complexity index is 195. The molecule has 0 bridgehead atoms. The zero-order chi connectivity index (χ0) is 8.65. The van der Waals surface area contributed by atoms with E-state index in [0.29, 0.717) is 0 Å². The van der Waals surface area contributed by atoms with Gasteiger partial charge in [-0.3, -0.25) is 0 Å². The van der Waals surface area contributed by atoms with Gasteiger partial charge in [0.25, 0.3) is 0 Å². The van der Waals surface area contributed by atoms with Crippen LogP contribution in [0.3, 0.4) is 0 Å². The fourth-order valence-electron chi connectivity index (χ4n) is 1.04. The standard InChI is InChI=1S/C7H8.C4H8O.2ClH.Cr/c1-7-5-3-2-4-6-7;1-2-4-5-3-1;;;/h2-6H,1H3;1-4H2;2*1H;/q;;;;+2/p-2. The van der Waals surface area contributed by atoms with Crippen molar-refractivity contribution in [3.05, 3.63) is 35.9 Å². The molecule has 1 fully saturated rings. The van der Waals surface area contributed by atoms with Gasteiger partial charge in [0.2, 0.25) is 0 Å². The van der Waals surface area contributed by atoms with E-state index in [1.165, 1.54) is 18.4 Å². The minimum absolute atomic E-state index is 0. The van der Waals surface area contributed by atoms with Gasteiger partial charge in [0, 0.05) is 13.2 Å². The SMILES string of the molecule is C1CCOC1.Cc1ccccc1.[Cl-].[Cl-].[Cr+2]. The van der Waals surface area contributed by atoms with Gasteiger partial charge >= 0.3 is 17.4 Å². The third-order valence-corrected chi connectivity index (χ3v) is 1.77. The number of hydrogen-bond donors (Lipinski definition) is 0. The molecule has 1 aliphatic rings. The maximum atomic E-state index is 4.94. The summed E-state index contributed by atoms with van der Waals surface area (Å²) in [4.78, 5) is 0. The second-order valence-corrected chi connectivity index (χ2v) is 2.97. The van der Waals surface area contributed by atoms with Crippen LogP contribution in [-0.4, -0.2) is 13.2 Å². The number of halogens is 2. The van der Waals surface area contributed by atoms with E-state index in [4.69, 9.17) is 4.74 Å². The van der Waals surface area contributed by atoms with Gasteiger partial charge in [-0.25, -0.2) is 0 Å². The first-order chi connectivity index (χ1) is 5.89.